The molecule has 4 bridgehead atoms. The van der Waals surface area contributed by atoms with Gasteiger partial charge in [-0.15, -0.1) is 0 Å². The number of aryl methyl sites for hydroxylation is 2. The van der Waals surface area contributed by atoms with E-state index in [4.69, 9.17) is 16.3 Å². The van der Waals surface area contributed by atoms with Crippen LogP contribution in [0.25, 0.3) is 5.69 Å². The molecule has 33 heavy (non-hydrogen) atoms. The fourth-order valence-corrected chi connectivity index (χ4v) is 7.39. The molecule has 4 aliphatic rings. The Kier molecular flexibility index (Phi) is 4.74. The van der Waals surface area contributed by atoms with Crippen LogP contribution in [0, 0.1) is 31.1 Å². The Hall–Kier alpha value is -2.59. The molecule has 4 aliphatic carbocycles. The minimum absolute atomic E-state index is 0.0804. The summed E-state index contributed by atoms with van der Waals surface area (Å²) in [6.45, 7) is 4.05. The summed E-state index contributed by atoms with van der Waals surface area (Å²) in [7, 11) is 0. The maximum atomic E-state index is 13.9. The van der Waals surface area contributed by atoms with Crippen LogP contribution in [0.15, 0.2) is 54.6 Å². The number of rotatable bonds is 4. The zero-order valence-corrected chi connectivity index (χ0v) is 19.9. The quantitative estimate of drug-likeness (QED) is 0.412. The monoisotopic (exact) mass is 460 g/mol. The fourth-order valence-electron chi connectivity index (χ4n) is 7.27. The van der Waals surface area contributed by atoms with E-state index in [1.807, 2.05) is 37.3 Å². The third kappa shape index (κ3) is 3.50. The molecule has 0 aliphatic heterocycles. The van der Waals surface area contributed by atoms with E-state index >= 15 is 0 Å². The van der Waals surface area contributed by atoms with Crippen LogP contribution in [0.2, 0.25) is 5.02 Å². The summed E-state index contributed by atoms with van der Waals surface area (Å²) in [5, 5.41) is 5.24. The maximum Gasteiger partial charge on any atom is 0.318 e. The smallest absolute Gasteiger partial charge is 0.318 e. The number of carbonyl (C=O) groups excluding carboxylic acids is 1. The second-order valence-corrected chi connectivity index (χ2v) is 11.2. The van der Waals surface area contributed by atoms with Crippen molar-refractivity contribution in [2.75, 3.05) is 0 Å². The lowest BCUT2D eigenvalue weighted by Crippen LogP contribution is -2.57. The summed E-state index contributed by atoms with van der Waals surface area (Å²) in [6, 6.07) is 18.3. The van der Waals surface area contributed by atoms with Gasteiger partial charge in [0.25, 0.3) is 0 Å². The topological polar surface area (TPSA) is 44.1 Å². The van der Waals surface area contributed by atoms with E-state index in [0.717, 1.165) is 30.6 Å². The number of esters is 1. The van der Waals surface area contributed by atoms with Crippen LogP contribution in [-0.2, 0) is 10.2 Å². The van der Waals surface area contributed by atoms with E-state index in [0.29, 0.717) is 22.7 Å². The first-order chi connectivity index (χ1) is 15.8. The number of hydrogen-bond acceptors (Lipinski definition) is 3. The van der Waals surface area contributed by atoms with Gasteiger partial charge in [0.05, 0.1) is 16.8 Å². The molecule has 0 N–H and O–H groups in total. The molecule has 2 aromatic carbocycles. The minimum atomic E-state index is -0.405. The Morgan fingerprint density at radius 3 is 2.33 bits per heavy atom. The molecule has 170 valence electrons. The minimum Gasteiger partial charge on any atom is -0.407 e. The summed E-state index contributed by atoms with van der Waals surface area (Å²) in [5.41, 5.74) is 4.03. The molecular formula is C28H29ClN2O2. The molecule has 3 aromatic rings. The molecule has 2 atom stereocenters. The Morgan fingerprint density at radius 1 is 1.00 bits per heavy atom. The highest BCUT2D eigenvalue weighted by Gasteiger charge is 2.61. The average Bonchev–Trinajstić information content (AvgIpc) is 3.13. The molecule has 7 rings (SSSR count). The zero-order valence-electron chi connectivity index (χ0n) is 19.2. The average molecular weight is 461 g/mol. The van der Waals surface area contributed by atoms with Crippen LogP contribution in [-0.4, -0.2) is 15.7 Å². The van der Waals surface area contributed by atoms with E-state index in [-0.39, 0.29) is 11.4 Å². The largest absolute Gasteiger partial charge is 0.407 e. The summed E-state index contributed by atoms with van der Waals surface area (Å²) < 4.78 is 7.87. The number of carbonyl (C=O) groups is 1. The van der Waals surface area contributed by atoms with Gasteiger partial charge in [0, 0.05) is 11.1 Å². The molecular weight excluding hydrogens is 432 g/mol. The molecule has 0 spiro atoms. The number of ether oxygens (including phenoxy) is 1. The van der Waals surface area contributed by atoms with Crippen molar-refractivity contribution in [2.45, 2.75) is 57.8 Å². The van der Waals surface area contributed by atoms with Crippen molar-refractivity contribution in [3.05, 3.63) is 76.4 Å². The van der Waals surface area contributed by atoms with Gasteiger partial charge in [-0.25, -0.2) is 4.68 Å². The highest BCUT2D eigenvalue weighted by molar-refractivity contribution is 6.30. The predicted octanol–water partition coefficient (Wildman–Crippen LogP) is 6.59. The van der Waals surface area contributed by atoms with Crippen molar-refractivity contribution in [1.82, 2.24) is 9.78 Å². The lowest BCUT2D eigenvalue weighted by molar-refractivity contribution is -0.164. The zero-order chi connectivity index (χ0) is 22.8. The number of hydrogen-bond donors (Lipinski definition) is 0. The molecule has 0 radical (unpaired) electrons. The summed E-state index contributed by atoms with van der Waals surface area (Å²) in [4.78, 5) is 13.9. The van der Waals surface area contributed by atoms with Crippen molar-refractivity contribution in [3.63, 3.8) is 0 Å². The van der Waals surface area contributed by atoms with Crippen molar-refractivity contribution in [2.24, 2.45) is 17.3 Å². The van der Waals surface area contributed by atoms with Crippen molar-refractivity contribution in [1.29, 1.82) is 0 Å². The molecule has 0 amide bonds. The summed E-state index contributed by atoms with van der Waals surface area (Å²) >= 11 is 6.06. The highest BCUT2D eigenvalue weighted by Crippen LogP contribution is 2.66. The van der Waals surface area contributed by atoms with Crippen LogP contribution in [0.4, 0.5) is 0 Å². The van der Waals surface area contributed by atoms with Gasteiger partial charge in [-0.1, -0.05) is 41.4 Å². The Bertz CT molecular complexity index is 1200. The third-order valence-electron chi connectivity index (χ3n) is 8.23. The number of nitrogens with zero attached hydrogens (tertiary/aromatic N) is 2. The Morgan fingerprint density at radius 2 is 1.67 bits per heavy atom. The predicted molar refractivity (Wildman–Crippen MR) is 129 cm³/mol. The number of halogens is 1. The normalized spacial score (nSPS) is 29.9. The summed E-state index contributed by atoms with van der Waals surface area (Å²) in [5.74, 6) is 1.61. The van der Waals surface area contributed by atoms with Gasteiger partial charge in [-0.05, 0) is 99.5 Å². The van der Waals surface area contributed by atoms with Crippen LogP contribution in [0.1, 0.15) is 55.3 Å². The Balaban J connectivity index is 1.32. The SMILES string of the molecule is Cc1ccc(C23C[C@H]4C[C@@H](CC(C(=O)Oc5cc(C)nn5-c5ccc(Cl)cc5)(C4)C2)C3)cc1. The van der Waals surface area contributed by atoms with Gasteiger partial charge in [-0.2, -0.15) is 5.10 Å². The second kappa shape index (κ2) is 7.46. The van der Waals surface area contributed by atoms with E-state index in [9.17, 15) is 4.79 Å². The maximum absolute atomic E-state index is 13.9. The third-order valence-corrected chi connectivity index (χ3v) is 8.48. The van der Waals surface area contributed by atoms with E-state index in [1.165, 1.54) is 30.4 Å². The van der Waals surface area contributed by atoms with Crippen molar-refractivity contribution in [3.8, 4) is 11.6 Å². The van der Waals surface area contributed by atoms with Gasteiger partial charge < -0.3 is 4.74 Å². The second-order valence-electron chi connectivity index (χ2n) is 10.8. The van der Waals surface area contributed by atoms with Gasteiger partial charge >= 0.3 is 5.97 Å². The first-order valence-electron chi connectivity index (χ1n) is 12.0. The Labute approximate surface area is 199 Å². The molecule has 4 fully saturated rings. The molecule has 0 saturated heterocycles. The van der Waals surface area contributed by atoms with E-state index in [1.54, 1.807) is 4.68 Å². The van der Waals surface area contributed by atoms with Crippen LogP contribution >= 0.6 is 11.6 Å². The fraction of sp³-hybridized carbons (Fsp3) is 0.429. The first-order valence-corrected chi connectivity index (χ1v) is 12.3. The van der Waals surface area contributed by atoms with E-state index < -0.39 is 5.41 Å². The molecule has 0 unspecified atom stereocenters. The van der Waals surface area contributed by atoms with Crippen LogP contribution < -0.4 is 4.74 Å². The number of benzene rings is 2. The number of aromatic nitrogens is 2. The highest BCUT2D eigenvalue weighted by atomic mass is 35.5. The first kappa shape index (κ1) is 21.0. The summed E-state index contributed by atoms with van der Waals surface area (Å²) in [6.07, 6.45) is 6.44. The van der Waals surface area contributed by atoms with Crippen LogP contribution in [0.5, 0.6) is 5.88 Å². The van der Waals surface area contributed by atoms with Gasteiger partial charge in [-0.3, -0.25) is 4.79 Å². The molecule has 1 aromatic heterocycles. The molecule has 1 heterocycles. The van der Waals surface area contributed by atoms with E-state index in [2.05, 4.69) is 36.3 Å². The van der Waals surface area contributed by atoms with Gasteiger partial charge in [0.15, 0.2) is 0 Å². The standard InChI is InChI=1S/C28H29ClN2O2/c1-18-3-5-22(6-4-18)27-13-20-12-21(14-27)16-28(15-20,17-27)26(32)33-25-11-19(2)30-31(25)24-9-7-23(29)8-10-24/h3-11,20-21H,12-17H2,1-2H3/t20-,21-,27?,28?/m1/s1. The molecule has 4 nitrogen and oxygen atoms in total. The van der Waals surface area contributed by atoms with Gasteiger partial charge in [0.1, 0.15) is 0 Å². The molecule has 4 saturated carbocycles. The lowest BCUT2D eigenvalue weighted by Gasteiger charge is -2.61. The van der Waals surface area contributed by atoms with Gasteiger partial charge in [0.2, 0.25) is 5.88 Å². The van der Waals surface area contributed by atoms with Crippen LogP contribution in [0.3, 0.4) is 0 Å². The lowest BCUT2D eigenvalue weighted by atomic mass is 9.43. The van der Waals surface area contributed by atoms with Crippen molar-refractivity contribution < 1.29 is 9.53 Å². The van der Waals surface area contributed by atoms with Crippen molar-refractivity contribution >= 4 is 17.6 Å². The molecule has 5 heteroatoms.